The number of unbranched alkanes of at least 4 members (excludes halogenated alkanes) is 3. The van der Waals surface area contributed by atoms with E-state index in [0.29, 0.717) is 42.0 Å². The zero-order chi connectivity index (χ0) is 66.1. The van der Waals surface area contributed by atoms with Gasteiger partial charge in [0.1, 0.15) is 17.3 Å². The summed E-state index contributed by atoms with van der Waals surface area (Å²) in [6.07, 6.45) is 11.9. The molecule has 0 N–H and O–H groups in total. The number of hydrogen-bond donors (Lipinski definition) is 0. The Hall–Kier alpha value is -11.5. The predicted octanol–water partition coefficient (Wildman–Crippen LogP) is 21.2. The molecule has 1 saturated heterocycles. The normalized spacial score (nSPS) is 13.1. The van der Waals surface area contributed by atoms with E-state index < -0.39 is 23.7 Å². The van der Waals surface area contributed by atoms with Crippen LogP contribution in [0.5, 0.6) is 11.5 Å². The summed E-state index contributed by atoms with van der Waals surface area (Å²) in [6.45, 7) is 5.72. The van der Waals surface area contributed by atoms with E-state index in [2.05, 4.69) is 206 Å². The molecule has 8 nitrogen and oxygen atoms in total. The fourth-order valence-corrected chi connectivity index (χ4v) is 15.0. The zero-order valence-electron chi connectivity index (χ0n) is 54.6. The number of rotatable bonds is 24. The summed E-state index contributed by atoms with van der Waals surface area (Å²) < 4.78 is 20.2. The predicted molar refractivity (Wildman–Crippen MR) is 399 cm³/mol. The van der Waals surface area contributed by atoms with E-state index in [1.165, 1.54) is 114 Å². The molecule has 98 heavy (non-hydrogen) atoms. The van der Waals surface area contributed by atoms with E-state index in [0.717, 1.165) is 80.2 Å². The van der Waals surface area contributed by atoms with Gasteiger partial charge in [-0.1, -0.05) is 206 Å². The molecule has 0 spiro atoms. The van der Waals surface area contributed by atoms with E-state index in [4.69, 9.17) is 19.0 Å². The Morgan fingerprint density at radius 2 is 0.878 bits per heavy atom. The number of allylic oxidation sites excluding steroid dienone is 2. The number of nitrogens with zero attached hydrogens (tertiary/aromatic N) is 1. The number of carbonyl (C=O) groups excluding carboxylic acids is 3. The van der Waals surface area contributed by atoms with E-state index >= 15 is 0 Å². The van der Waals surface area contributed by atoms with Crippen LogP contribution >= 0.6 is 0 Å². The van der Waals surface area contributed by atoms with Gasteiger partial charge in [0.05, 0.1) is 36.9 Å². The minimum Gasteiger partial charge on any atom is -0.494 e. The molecule has 1 atom stereocenters. The summed E-state index contributed by atoms with van der Waals surface area (Å²) >= 11 is 0. The van der Waals surface area contributed by atoms with Gasteiger partial charge < -0.3 is 19.0 Å². The van der Waals surface area contributed by atoms with Crippen molar-refractivity contribution in [3.05, 3.63) is 294 Å². The number of benzene rings is 15. The monoisotopic (exact) mass is 1280 g/mol. The summed E-state index contributed by atoms with van der Waals surface area (Å²) in [5.74, 6) is 6.83. The average Bonchev–Trinajstić information content (AvgIpc) is 0.781. The number of amides is 2. The van der Waals surface area contributed by atoms with Crippen molar-refractivity contribution in [2.24, 2.45) is 0 Å². The maximum absolute atomic E-state index is 13.1. The summed E-state index contributed by atoms with van der Waals surface area (Å²) in [7, 11) is 0. The van der Waals surface area contributed by atoms with Crippen molar-refractivity contribution in [3.8, 4) is 23.3 Å². The SMILES string of the molecule is C=C/C=C(/OCCCCc1ccc2ccc3cccc4ccc1c2c34)c1cc([C@@H](C#Cc2ccc(C(=O)ON3C(=O)CCC3=O)cc2)c2ccc(OCCCCc3ccc4ccc5cccc6ccc3c4c56)cc2)ccc1OCCCCc1ccc2ccc3cccc4ccc1c2c34. The average molecular weight is 1280 g/mol. The third-order valence-corrected chi connectivity index (χ3v) is 19.9. The first-order chi connectivity index (χ1) is 48.3. The molecule has 1 aliphatic rings. The van der Waals surface area contributed by atoms with E-state index in [1.54, 1.807) is 30.3 Å². The first kappa shape index (κ1) is 61.4. The molecule has 0 saturated carbocycles. The van der Waals surface area contributed by atoms with Gasteiger partial charge in [-0.2, -0.15) is 0 Å². The first-order valence-corrected chi connectivity index (χ1v) is 34.4. The highest BCUT2D eigenvalue weighted by Crippen LogP contribution is 2.41. The van der Waals surface area contributed by atoms with Crippen LogP contribution in [-0.4, -0.2) is 42.7 Å². The molecule has 15 aromatic carbocycles. The van der Waals surface area contributed by atoms with E-state index in [1.807, 2.05) is 24.3 Å². The van der Waals surface area contributed by atoms with Gasteiger partial charge in [0.25, 0.3) is 11.8 Å². The maximum Gasteiger partial charge on any atom is 0.363 e. The van der Waals surface area contributed by atoms with Crippen LogP contribution in [0.3, 0.4) is 0 Å². The van der Waals surface area contributed by atoms with Crippen LogP contribution in [-0.2, 0) is 38.4 Å². The van der Waals surface area contributed by atoms with Crippen LogP contribution in [0.1, 0.15) is 107 Å². The molecule has 16 rings (SSSR count). The highest BCUT2D eigenvalue weighted by Gasteiger charge is 2.33. The van der Waals surface area contributed by atoms with Crippen LogP contribution in [0, 0.1) is 11.8 Å². The summed E-state index contributed by atoms with van der Waals surface area (Å²) in [6, 6.07) is 81.6. The van der Waals surface area contributed by atoms with Crippen LogP contribution in [0.15, 0.2) is 249 Å². The maximum atomic E-state index is 13.1. The van der Waals surface area contributed by atoms with E-state index in [-0.39, 0.29) is 18.4 Å². The fraction of sp³-hybridized carbons (Fsp3) is 0.167. The first-order valence-electron chi connectivity index (χ1n) is 34.4. The molecule has 2 amide bonds. The van der Waals surface area contributed by atoms with Crippen molar-refractivity contribution >= 4 is 120 Å². The Morgan fingerprint density at radius 1 is 0.449 bits per heavy atom. The molecule has 0 radical (unpaired) electrons. The molecule has 0 bridgehead atoms. The molecule has 1 heterocycles. The third kappa shape index (κ3) is 12.0. The largest absolute Gasteiger partial charge is 0.494 e. The van der Waals surface area contributed by atoms with Crippen molar-refractivity contribution < 1.29 is 33.4 Å². The van der Waals surface area contributed by atoms with Crippen LogP contribution < -0.4 is 9.47 Å². The highest BCUT2D eigenvalue weighted by molar-refractivity contribution is 6.26. The lowest BCUT2D eigenvalue weighted by Gasteiger charge is -2.19. The third-order valence-electron chi connectivity index (χ3n) is 19.9. The smallest absolute Gasteiger partial charge is 0.363 e. The molecular weight excluding hydrogens is 1210 g/mol. The van der Waals surface area contributed by atoms with Gasteiger partial charge in [-0.15, -0.1) is 5.06 Å². The number of hydroxylamine groups is 2. The van der Waals surface area contributed by atoms with Crippen molar-refractivity contribution in [3.63, 3.8) is 0 Å². The number of carbonyl (C=O) groups is 3. The molecule has 1 fully saturated rings. The van der Waals surface area contributed by atoms with Crippen LogP contribution in [0.4, 0.5) is 0 Å². The number of hydrogen-bond acceptors (Lipinski definition) is 7. The molecule has 8 heteroatoms. The Labute approximate surface area is 569 Å². The fourth-order valence-electron chi connectivity index (χ4n) is 15.0. The lowest BCUT2D eigenvalue weighted by molar-refractivity contribution is -0.172. The second-order valence-electron chi connectivity index (χ2n) is 26.0. The molecule has 0 aliphatic carbocycles. The van der Waals surface area contributed by atoms with Crippen LogP contribution in [0.25, 0.3) is 103 Å². The van der Waals surface area contributed by atoms with Gasteiger partial charge in [0.15, 0.2) is 0 Å². The van der Waals surface area contributed by atoms with Gasteiger partial charge in [-0.05, 0) is 237 Å². The summed E-state index contributed by atoms with van der Waals surface area (Å²) in [5.41, 5.74) is 7.55. The Bertz CT molecular complexity index is 5570. The van der Waals surface area contributed by atoms with E-state index in [9.17, 15) is 14.4 Å². The second kappa shape index (κ2) is 26.9. The van der Waals surface area contributed by atoms with Crippen molar-refractivity contribution in [1.82, 2.24) is 5.06 Å². The summed E-state index contributed by atoms with van der Waals surface area (Å²) in [5, 5.41) is 24.0. The van der Waals surface area contributed by atoms with Gasteiger partial charge in [-0.25, -0.2) is 4.79 Å². The van der Waals surface area contributed by atoms with Gasteiger partial charge in [0.2, 0.25) is 0 Å². The molecule has 478 valence electrons. The van der Waals surface area contributed by atoms with Crippen molar-refractivity contribution in [1.29, 1.82) is 0 Å². The minimum absolute atomic E-state index is 0.00873. The van der Waals surface area contributed by atoms with Gasteiger partial charge >= 0.3 is 5.97 Å². The molecular formula is C90H71NO7. The van der Waals surface area contributed by atoms with Gasteiger partial charge in [0, 0.05) is 18.4 Å². The standard InChI is InChI=1S/C90H71NO7/c1-2-12-80(96-55-7-4-14-60-28-31-70-37-34-64-17-10-20-67-42-49-77(60)88(70)85(64)67)79-57-73(44-51-81(79)97-56-8-5-15-61-29-32-71-38-35-65-18-11-21-68-43-50-78(61)89(71)86(65)68)75(47-24-58-22-25-72(26-23-58)90(94)98-91-82(92)52-53-83(91)93)62-39-45-74(46-40-62)95-54-6-3-13-59-27-30-69-36-33-63-16-9-19-66-41-48-76(59)87(69)84(63)66/h2,9-12,16-23,25-46,48-51,57,75H,1,3-8,13-15,52-56H2/b80-12+/t75-/m0/s1. The van der Waals surface area contributed by atoms with Crippen molar-refractivity contribution in [2.45, 2.75) is 76.5 Å². The lowest BCUT2D eigenvalue weighted by atomic mass is 9.89. The zero-order valence-corrected chi connectivity index (χ0v) is 54.6. The Balaban J connectivity index is 0.661. The molecule has 0 aromatic heterocycles. The highest BCUT2D eigenvalue weighted by atomic mass is 16.7. The Kier molecular flexibility index (Phi) is 16.9. The molecule has 15 aromatic rings. The number of imide groups is 1. The van der Waals surface area contributed by atoms with Crippen LogP contribution in [0.2, 0.25) is 0 Å². The summed E-state index contributed by atoms with van der Waals surface area (Å²) in [4.78, 5) is 42.9. The van der Waals surface area contributed by atoms with Crippen molar-refractivity contribution in [2.75, 3.05) is 19.8 Å². The number of aryl methyl sites for hydroxylation is 3. The molecule has 1 aliphatic heterocycles. The second-order valence-corrected chi connectivity index (χ2v) is 26.0. The minimum atomic E-state index is -0.801. The molecule has 0 unspecified atom stereocenters. The lowest BCUT2D eigenvalue weighted by Crippen LogP contribution is -2.32. The topological polar surface area (TPSA) is 91.4 Å². The Morgan fingerprint density at radius 3 is 1.36 bits per heavy atom. The quantitative estimate of drug-likeness (QED) is 0.0149. The van der Waals surface area contributed by atoms with Gasteiger partial charge in [-0.3, -0.25) is 9.59 Å². The number of ether oxygens (including phenoxy) is 3.